The second-order valence-corrected chi connectivity index (χ2v) is 10.5. The number of carbonyl (C=O) groups is 1. The zero-order valence-electron chi connectivity index (χ0n) is 23.1. The predicted octanol–water partition coefficient (Wildman–Crippen LogP) is 8.45. The molecule has 2 unspecified atom stereocenters. The third-order valence-electron chi connectivity index (χ3n) is 7.32. The van der Waals surface area contributed by atoms with E-state index in [9.17, 15) is 9.90 Å². The molecule has 1 aliphatic rings. The largest absolute Gasteiger partial charge is 0.477 e. The predicted molar refractivity (Wildman–Crippen MR) is 150 cm³/mol. The van der Waals surface area contributed by atoms with Crippen molar-refractivity contribution in [3.05, 3.63) is 24.6 Å². The minimum absolute atomic E-state index is 0.0292. The molecule has 5 nitrogen and oxygen atoms in total. The van der Waals surface area contributed by atoms with E-state index < -0.39 is 5.97 Å². The Morgan fingerprint density at radius 3 is 1.77 bits per heavy atom. The molecular weight excluding hydrogens is 434 g/mol. The van der Waals surface area contributed by atoms with E-state index >= 15 is 0 Å². The molecule has 0 aromatic rings. The fourth-order valence-electron chi connectivity index (χ4n) is 5.00. The Hall–Kier alpha value is -1.46. The highest BCUT2D eigenvalue weighted by atomic mass is 16.4. The fourth-order valence-corrected chi connectivity index (χ4v) is 5.00. The lowest BCUT2D eigenvalue weighted by Gasteiger charge is -2.34. The number of hydrogen-bond acceptors (Lipinski definition) is 3. The first-order valence-electron chi connectivity index (χ1n) is 14.8. The first-order valence-corrected chi connectivity index (χ1v) is 14.8. The summed E-state index contributed by atoms with van der Waals surface area (Å²) in [4.78, 5) is 15.8. The number of carboxylic acids is 1. The second-order valence-electron chi connectivity index (χ2n) is 10.5. The van der Waals surface area contributed by atoms with Gasteiger partial charge in [0.1, 0.15) is 12.4 Å². The van der Waals surface area contributed by atoms with E-state index in [1.54, 1.807) is 6.20 Å². The van der Waals surface area contributed by atoms with Gasteiger partial charge in [0.25, 0.3) is 0 Å². The lowest BCUT2D eigenvalue weighted by Crippen LogP contribution is -2.59. The average molecular weight is 491 g/mol. The number of amidine groups is 1. The zero-order valence-corrected chi connectivity index (χ0v) is 23.1. The van der Waals surface area contributed by atoms with E-state index in [0.29, 0.717) is 0 Å². The van der Waals surface area contributed by atoms with Crippen LogP contribution < -0.4 is 5.73 Å². The van der Waals surface area contributed by atoms with Crippen molar-refractivity contribution < 1.29 is 14.4 Å². The Morgan fingerprint density at radius 1 is 0.857 bits per heavy atom. The maximum absolute atomic E-state index is 11.3. The summed E-state index contributed by atoms with van der Waals surface area (Å²) in [5.41, 5.74) is 6.12. The molecule has 0 aliphatic carbocycles. The smallest absolute Gasteiger partial charge is 0.360 e. The molecule has 202 valence electrons. The molecule has 0 aromatic heterocycles. The van der Waals surface area contributed by atoms with Crippen molar-refractivity contribution in [2.24, 2.45) is 10.7 Å². The average Bonchev–Trinajstić information content (AvgIpc) is 3.23. The van der Waals surface area contributed by atoms with Gasteiger partial charge < -0.3 is 5.11 Å². The van der Waals surface area contributed by atoms with Crippen molar-refractivity contribution >= 4 is 11.8 Å². The van der Waals surface area contributed by atoms with Crippen LogP contribution in [0.1, 0.15) is 142 Å². The maximum atomic E-state index is 11.3. The second kappa shape index (κ2) is 20.7. The molecule has 0 fully saturated rings. The van der Waals surface area contributed by atoms with Crippen molar-refractivity contribution in [2.45, 2.75) is 148 Å². The molecule has 0 spiro atoms. The highest BCUT2D eigenvalue weighted by Gasteiger charge is 2.40. The summed E-state index contributed by atoms with van der Waals surface area (Å²) in [6.07, 6.45) is 34.2. The van der Waals surface area contributed by atoms with Gasteiger partial charge in [-0.05, 0) is 32.1 Å². The van der Waals surface area contributed by atoms with E-state index in [0.717, 1.165) is 25.1 Å². The van der Waals surface area contributed by atoms with Gasteiger partial charge in [-0.25, -0.2) is 14.3 Å². The molecule has 35 heavy (non-hydrogen) atoms. The third kappa shape index (κ3) is 14.6. The molecule has 5 heteroatoms. The number of allylic oxidation sites excluding steroid dienone is 2. The molecule has 0 aromatic carbocycles. The van der Waals surface area contributed by atoms with Gasteiger partial charge in [0.2, 0.25) is 5.84 Å². The number of carboxylic acid groups (broad SMARTS) is 1. The molecule has 1 rings (SSSR count). The van der Waals surface area contributed by atoms with Gasteiger partial charge in [0.05, 0.1) is 6.20 Å². The topological polar surface area (TPSA) is 75.7 Å². The standard InChI is InChI=1S/C30H55N3O2/c1-3-4-5-6-7-8-9-10-11-12-13-14-15-16-17-18-19-20-21-22-23-24-29-32-25-26-33(29,28(2)31)27-30(34)35/h16-17,25-26,28H,3-15,18-24,27,31H2,1-2H3/p+1/b17-16+. The van der Waals surface area contributed by atoms with Gasteiger partial charge in [-0.3, -0.25) is 5.73 Å². The molecule has 0 saturated carbocycles. The van der Waals surface area contributed by atoms with E-state index in [4.69, 9.17) is 5.73 Å². The Labute approximate surface area is 216 Å². The van der Waals surface area contributed by atoms with E-state index in [-0.39, 0.29) is 17.2 Å². The van der Waals surface area contributed by atoms with Crippen LogP contribution in [0.3, 0.4) is 0 Å². The Morgan fingerprint density at radius 2 is 1.31 bits per heavy atom. The number of hydrogen-bond donors (Lipinski definition) is 2. The van der Waals surface area contributed by atoms with Crippen LogP contribution in [0.2, 0.25) is 0 Å². The van der Waals surface area contributed by atoms with Crippen molar-refractivity contribution in [2.75, 3.05) is 6.54 Å². The molecule has 3 N–H and O–H groups in total. The van der Waals surface area contributed by atoms with Gasteiger partial charge in [0, 0.05) is 13.3 Å². The summed E-state index contributed by atoms with van der Waals surface area (Å²) >= 11 is 0. The van der Waals surface area contributed by atoms with E-state index in [2.05, 4.69) is 24.1 Å². The van der Waals surface area contributed by atoms with Crippen LogP contribution in [-0.4, -0.2) is 34.1 Å². The summed E-state index contributed by atoms with van der Waals surface area (Å²) in [5.74, 6) is 0.0524. The molecule has 0 bridgehead atoms. The quantitative estimate of drug-likeness (QED) is 0.0809. The van der Waals surface area contributed by atoms with Crippen LogP contribution in [0.4, 0.5) is 0 Å². The number of nitrogens with zero attached hydrogens (tertiary/aromatic N) is 2. The Kier molecular flexibility index (Phi) is 18.7. The van der Waals surface area contributed by atoms with Gasteiger partial charge in [0.15, 0.2) is 6.54 Å². The summed E-state index contributed by atoms with van der Waals surface area (Å²) in [5, 5.41) is 9.29. The summed E-state index contributed by atoms with van der Waals surface area (Å²) in [7, 11) is 0. The van der Waals surface area contributed by atoms with Crippen molar-refractivity contribution in [1.82, 2.24) is 0 Å². The summed E-state index contributed by atoms with van der Waals surface area (Å²) in [6.45, 7) is 4.12. The van der Waals surface area contributed by atoms with Crippen LogP contribution in [0, 0.1) is 0 Å². The highest BCUT2D eigenvalue weighted by molar-refractivity contribution is 5.81. The van der Waals surface area contributed by atoms with Crippen molar-refractivity contribution in [3.8, 4) is 0 Å². The third-order valence-corrected chi connectivity index (χ3v) is 7.32. The molecule has 1 heterocycles. The number of unbranched alkanes of at least 4 members (excludes halogenated alkanes) is 17. The summed E-state index contributed by atoms with van der Waals surface area (Å²) < 4.78 is 0.166. The number of aliphatic carboxylic acids is 1. The molecule has 0 amide bonds. The molecule has 1 aliphatic heterocycles. The first-order chi connectivity index (χ1) is 17.0. The minimum Gasteiger partial charge on any atom is -0.477 e. The number of quaternary nitrogens is 1. The molecule has 2 atom stereocenters. The monoisotopic (exact) mass is 490 g/mol. The number of aliphatic imine (C=N–C) groups is 1. The lowest BCUT2D eigenvalue weighted by atomic mass is 10.0. The van der Waals surface area contributed by atoms with Crippen LogP contribution in [0.5, 0.6) is 0 Å². The molecule has 0 saturated heterocycles. The normalized spacial score (nSPS) is 18.4. The van der Waals surface area contributed by atoms with E-state index in [1.165, 1.54) is 109 Å². The maximum Gasteiger partial charge on any atom is 0.360 e. The number of rotatable bonds is 24. The zero-order chi connectivity index (χ0) is 25.6. The Bertz CT molecular complexity index is 627. The van der Waals surface area contributed by atoms with Gasteiger partial charge in [-0.15, -0.1) is 0 Å². The van der Waals surface area contributed by atoms with Crippen LogP contribution in [0.15, 0.2) is 29.5 Å². The van der Waals surface area contributed by atoms with Gasteiger partial charge in [-0.2, -0.15) is 0 Å². The van der Waals surface area contributed by atoms with Crippen molar-refractivity contribution in [3.63, 3.8) is 0 Å². The lowest BCUT2D eigenvalue weighted by molar-refractivity contribution is -0.805. The minimum atomic E-state index is -0.839. The van der Waals surface area contributed by atoms with Gasteiger partial charge >= 0.3 is 5.97 Å². The first kappa shape index (κ1) is 31.6. The van der Waals surface area contributed by atoms with Crippen LogP contribution in [-0.2, 0) is 4.79 Å². The fraction of sp³-hybridized carbons (Fsp3) is 0.800. The number of nitrogens with two attached hydrogens (primary N) is 1. The SMILES string of the molecule is CCCCCCCCCCCCCC/C=C/CCCCCCCC1=NC=C[N+]1(CC(=O)O)C(C)N. The summed E-state index contributed by atoms with van der Waals surface area (Å²) in [6, 6.07) is 0. The van der Waals surface area contributed by atoms with Crippen LogP contribution in [0.25, 0.3) is 0 Å². The van der Waals surface area contributed by atoms with E-state index in [1.807, 2.05) is 13.1 Å². The van der Waals surface area contributed by atoms with Gasteiger partial charge in [-0.1, -0.05) is 109 Å². The Balaban J connectivity index is 1.91. The van der Waals surface area contributed by atoms with Crippen molar-refractivity contribution in [1.29, 1.82) is 0 Å². The van der Waals surface area contributed by atoms with Crippen LogP contribution >= 0.6 is 0 Å². The highest BCUT2D eigenvalue weighted by Crippen LogP contribution is 2.23. The molecular formula is C30H56N3O2+. The molecule has 0 radical (unpaired) electrons.